The van der Waals surface area contributed by atoms with Crippen molar-refractivity contribution in [2.45, 2.75) is 25.8 Å². The van der Waals surface area contributed by atoms with Crippen LogP contribution in [-0.2, 0) is 12.8 Å². The van der Waals surface area contributed by atoms with Crippen LogP contribution in [0.25, 0.3) is 11.1 Å². The third kappa shape index (κ3) is 2.07. The lowest BCUT2D eigenvalue weighted by molar-refractivity contribution is 0.226. The van der Waals surface area contributed by atoms with E-state index in [0.717, 1.165) is 45.2 Å². The summed E-state index contributed by atoms with van der Waals surface area (Å²) in [5, 5.41) is 20.8. The molecule has 2 aliphatic rings. The third-order valence-electron chi connectivity index (χ3n) is 5.40. The van der Waals surface area contributed by atoms with Gasteiger partial charge in [0.2, 0.25) is 0 Å². The van der Waals surface area contributed by atoms with Gasteiger partial charge in [0, 0.05) is 18.2 Å². The molecular formula is C19H20INO3. The van der Waals surface area contributed by atoms with Gasteiger partial charge in [-0.1, -0.05) is 0 Å². The lowest BCUT2D eigenvalue weighted by atomic mass is 9.76. The van der Waals surface area contributed by atoms with Gasteiger partial charge in [0.05, 0.1) is 10.7 Å². The molecule has 5 heteroatoms. The minimum Gasteiger partial charge on any atom is -0.508 e. The molecule has 2 aromatic rings. The number of hydrogen-bond donors (Lipinski definition) is 2. The van der Waals surface area contributed by atoms with Gasteiger partial charge in [-0.15, -0.1) is 0 Å². The van der Waals surface area contributed by atoms with Crippen molar-refractivity contribution in [3.05, 3.63) is 38.0 Å². The van der Waals surface area contributed by atoms with Crippen LogP contribution < -0.4 is 4.74 Å². The molecule has 4 rings (SSSR count). The second-order valence-electron chi connectivity index (χ2n) is 6.71. The number of benzene rings is 2. The number of ether oxygens (including phenoxy) is 1. The van der Waals surface area contributed by atoms with Gasteiger partial charge < -0.3 is 14.9 Å². The minimum atomic E-state index is 0.230. The second-order valence-corrected chi connectivity index (χ2v) is 7.79. The van der Waals surface area contributed by atoms with Crippen LogP contribution in [0.1, 0.15) is 28.3 Å². The number of rotatable bonds is 1. The van der Waals surface area contributed by atoms with Crippen molar-refractivity contribution in [1.29, 1.82) is 0 Å². The number of fused-ring (bicyclic) bond motifs is 2. The normalized spacial score (nSPS) is 18.9. The van der Waals surface area contributed by atoms with E-state index in [2.05, 4.69) is 34.5 Å². The molecule has 2 aromatic carbocycles. The van der Waals surface area contributed by atoms with Crippen molar-refractivity contribution in [3.8, 4) is 28.4 Å². The number of aromatic hydroxyl groups is 2. The van der Waals surface area contributed by atoms with Crippen molar-refractivity contribution in [2.24, 2.45) is 0 Å². The molecule has 0 fully saturated rings. The number of halogens is 1. The molecule has 1 aliphatic carbocycles. The molecule has 1 aliphatic heterocycles. The van der Waals surface area contributed by atoms with Crippen molar-refractivity contribution < 1.29 is 14.9 Å². The van der Waals surface area contributed by atoms with Crippen LogP contribution in [0.3, 0.4) is 0 Å². The van der Waals surface area contributed by atoms with Crippen molar-refractivity contribution in [1.82, 2.24) is 4.90 Å². The molecule has 0 saturated carbocycles. The first-order valence-corrected chi connectivity index (χ1v) is 9.16. The summed E-state index contributed by atoms with van der Waals surface area (Å²) in [5.74, 6) is 1.10. The highest BCUT2D eigenvalue weighted by atomic mass is 127. The number of phenolic OH excluding ortho intramolecular Hbond substituents is 2. The Hall–Kier alpha value is -1.47. The Balaban J connectivity index is 2.13. The van der Waals surface area contributed by atoms with Crippen LogP contribution >= 0.6 is 22.6 Å². The van der Waals surface area contributed by atoms with Crippen molar-refractivity contribution in [3.63, 3.8) is 0 Å². The summed E-state index contributed by atoms with van der Waals surface area (Å²) >= 11 is 2.23. The molecule has 126 valence electrons. The highest BCUT2D eigenvalue weighted by molar-refractivity contribution is 14.1. The van der Waals surface area contributed by atoms with E-state index in [-0.39, 0.29) is 11.8 Å². The van der Waals surface area contributed by atoms with E-state index in [9.17, 15) is 10.2 Å². The Morgan fingerprint density at radius 2 is 2.04 bits per heavy atom. The topological polar surface area (TPSA) is 52.9 Å². The summed E-state index contributed by atoms with van der Waals surface area (Å²) in [7, 11) is 3.75. The Labute approximate surface area is 155 Å². The molecule has 2 N–H and O–H groups in total. The SMILES string of the molecule is COc1c(O)c(I)c2c3c1-c1cc(C)c(O)cc1CC3N(C)CC2. The van der Waals surface area contributed by atoms with Crippen LogP contribution in [0, 0.1) is 10.5 Å². The van der Waals surface area contributed by atoms with E-state index in [1.54, 1.807) is 7.11 Å². The first-order chi connectivity index (χ1) is 11.4. The van der Waals surface area contributed by atoms with Crippen molar-refractivity contribution >= 4 is 22.6 Å². The molecule has 0 amide bonds. The zero-order chi connectivity index (χ0) is 17.2. The predicted molar refractivity (Wildman–Crippen MR) is 102 cm³/mol. The highest BCUT2D eigenvalue weighted by Gasteiger charge is 2.37. The molecule has 1 unspecified atom stereocenters. The average molecular weight is 437 g/mol. The molecule has 0 bridgehead atoms. The van der Waals surface area contributed by atoms with E-state index in [1.807, 2.05) is 19.1 Å². The summed E-state index contributed by atoms with van der Waals surface area (Å²) in [6.45, 7) is 2.87. The maximum Gasteiger partial charge on any atom is 0.172 e. The van der Waals surface area contributed by atoms with E-state index in [1.165, 1.54) is 11.1 Å². The summed E-state index contributed by atoms with van der Waals surface area (Å²) < 4.78 is 6.53. The molecule has 0 saturated heterocycles. The van der Waals surface area contributed by atoms with Gasteiger partial charge in [0.15, 0.2) is 11.5 Å². The molecule has 4 nitrogen and oxygen atoms in total. The zero-order valence-electron chi connectivity index (χ0n) is 14.0. The lowest BCUT2D eigenvalue weighted by Crippen LogP contribution is -2.36. The Morgan fingerprint density at radius 1 is 1.29 bits per heavy atom. The van der Waals surface area contributed by atoms with Gasteiger partial charge in [0.25, 0.3) is 0 Å². The second kappa shape index (κ2) is 5.52. The molecule has 0 aromatic heterocycles. The van der Waals surface area contributed by atoms with E-state index in [0.29, 0.717) is 11.5 Å². The number of likely N-dealkylation sites (N-methyl/N-ethyl adjacent to an activating group) is 1. The summed E-state index contributed by atoms with van der Waals surface area (Å²) in [6.07, 6.45) is 1.79. The maximum absolute atomic E-state index is 10.7. The lowest BCUT2D eigenvalue weighted by Gasteiger charge is -2.41. The average Bonchev–Trinajstić information content (AvgIpc) is 2.56. The third-order valence-corrected chi connectivity index (χ3v) is 6.56. The maximum atomic E-state index is 10.7. The van der Waals surface area contributed by atoms with E-state index in [4.69, 9.17) is 4.74 Å². The number of methoxy groups -OCH3 is 1. The highest BCUT2D eigenvalue weighted by Crippen LogP contribution is 2.54. The monoisotopic (exact) mass is 437 g/mol. The van der Waals surface area contributed by atoms with Crippen LogP contribution in [-0.4, -0.2) is 35.8 Å². The molecular weight excluding hydrogens is 417 g/mol. The standard InChI is InChI=1S/C19H20INO3/c1-9-6-12-10(8-14(9)22)7-13-15-11(4-5-21(13)2)17(20)18(23)19(24-3)16(12)15/h6,8,13,22-23H,4-5,7H2,1-3H3. The first kappa shape index (κ1) is 16.0. The molecule has 1 heterocycles. The predicted octanol–water partition coefficient (Wildman–Crippen LogP) is 3.77. The Kier molecular flexibility index (Phi) is 3.69. The van der Waals surface area contributed by atoms with Crippen molar-refractivity contribution in [2.75, 3.05) is 20.7 Å². The van der Waals surface area contributed by atoms with Gasteiger partial charge in [-0.25, -0.2) is 0 Å². The van der Waals surface area contributed by atoms with Gasteiger partial charge in [-0.3, -0.25) is 4.90 Å². The largest absolute Gasteiger partial charge is 0.508 e. The summed E-state index contributed by atoms with van der Waals surface area (Å²) in [5.41, 5.74) is 6.52. The van der Waals surface area contributed by atoms with Gasteiger partial charge in [-0.05, 0) is 89.4 Å². The van der Waals surface area contributed by atoms with E-state index < -0.39 is 0 Å². The van der Waals surface area contributed by atoms with Gasteiger partial charge >= 0.3 is 0 Å². The zero-order valence-corrected chi connectivity index (χ0v) is 16.1. The Bertz CT molecular complexity index is 863. The quantitative estimate of drug-likeness (QED) is 0.668. The Morgan fingerprint density at radius 3 is 2.75 bits per heavy atom. The fraction of sp³-hybridized carbons (Fsp3) is 0.368. The van der Waals surface area contributed by atoms with Crippen LogP contribution in [0.5, 0.6) is 17.2 Å². The van der Waals surface area contributed by atoms with Crippen LogP contribution in [0.4, 0.5) is 0 Å². The smallest absolute Gasteiger partial charge is 0.172 e. The molecule has 0 spiro atoms. The van der Waals surface area contributed by atoms with Crippen LogP contribution in [0.15, 0.2) is 12.1 Å². The molecule has 24 heavy (non-hydrogen) atoms. The minimum absolute atomic E-state index is 0.230. The van der Waals surface area contributed by atoms with Gasteiger partial charge in [-0.2, -0.15) is 0 Å². The van der Waals surface area contributed by atoms with E-state index >= 15 is 0 Å². The fourth-order valence-electron chi connectivity index (χ4n) is 4.10. The number of phenols is 2. The van der Waals surface area contributed by atoms with Crippen LogP contribution in [0.2, 0.25) is 0 Å². The number of nitrogens with zero attached hydrogens (tertiary/aromatic N) is 1. The summed E-state index contributed by atoms with van der Waals surface area (Å²) in [4.78, 5) is 2.36. The fourth-order valence-corrected chi connectivity index (χ4v) is 4.91. The molecule has 1 atom stereocenters. The summed E-state index contributed by atoms with van der Waals surface area (Å²) in [6, 6.07) is 4.13. The van der Waals surface area contributed by atoms with Gasteiger partial charge in [0.1, 0.15) is 5.75 Å². The molecule has 0 radical (unpaired) electrons. The first-order valence-electron chi connectivity index (χ1n) is 8.08. The number of hydrogen-bond acceptors (Lipinski definition) is 4. The number of aryl methyl sites for hydroxylation is 1.